The predicted molar refractivity (Wildman–Crippen MR) is 87.3 cm³/mol. The molecule has 1 nitrogen and oxygen atoms in total. The van der Waals surface area contributed by atoms with E-state index >= 15 is 0 Å². The van der Waals surface area contributed by atoms with Gasteiger partial charge in [0.2, 0.25) is 0 Å². The number of thiophene rings is 1. The molecule has 2 atom stereocenters. The maximum Gasteiger partial charge on any atom is 0.0380 e. The van der Waals surface area contributed by atoms with Crippen molar-refractivity contribution < 1.29 is 0 Å². The first kappa shape index (κ1) is 13.8. The van der Waals surface area contributed by atoms with E-state index in [4.69, 9.17) is 0 Å². The summed E-state index contributed by atoms with van der Waals surface area (Å²) >= 11 is 1.85. The Hall–Kier alpha value is -1.12. The Kier molecular flexibility index (Phi) is 3.70. The van der Waals surface area contributed by atoms with E-state index in [1.807, 2.05) is 11.3 Å². The average molecular weight is 285 g/mol. The van der Waals surface area contributed by atoms with Gasteiger partial charge in [-0.1, -0.05) is 44.2 Å². The molecule has 1 heterocycles. The van der Waals surface area contributed by atoms with Crippen molar-refractivity contribution in [1.82, 2.24) is 5.32 Å². The molecule has 0 fully saturated rings. The first-order valence-electron chi connectivity index (χ1n) is 7.42. The molecule has 1 aromatic carbocycles. The fourth-order valence-corrected chi connectivity index (χ4v) is 4.22. The van der Waals surface area contributed by atoms with Gasteiger partial charge in [0.15, 0.2) is 0 Å². The molecule has 1 aromatic heterocycles. The fourth-order valence-electron chi connectivity index (χ4n) is 3.38. The number of hydrogen-bond acceptors (Lipinski definition) is 2. The molecule has 0 radical (unpaired) electrons. The predicted octanol–water partition coefficient (Wildman–Crippen LogP) is 4.59. The van der Waals surface area contributed by atoms with Crippen molar-refractivity contribution >= 4 is 11.3 Å². The quantitative estimate of drug-likeness (QED) is 0.866. The van der Waals surface area contributed by atoms with E-state index in [0.29, 0.717) is 17.5 Å². The average Bonchev–Trinajstić information content (AvgIpc) is 2.97. The Bertz CT molecular complexity index is 571. The molecule has 1 N–H and O–H groups in total. The number of hydrogen-bond donors (Lipinski definition) is 1. The van der Waals surface area contributed by atoms with Crippen molar-refractivity contribution in [2.24, 2.45) is 5.41 Å². The second-order valence-corrected chi connectivity index (χ2v) is 7.68. The van der Waals surface area contributed by atoms with Crippen molar-refractivity contribution in [1.29, 1.82) is 0 Å². The Morgan fingerprint density at radius 2 is 2.05 bits per heavy atom. The Morgan fingerprint density at radius 3 is 2.80 bits per heavy atom. The highest BCUT2D eigenvalue weighted by Crippen LogP contribution is 2.45. The highest BCUT2D eigenvalue weighted by molar-refractivity contribution is 7.09. The standard InChI is InChI=1S/C18H23NS/c1-13(11-15-8-6-10-20-15)19-17-16-9-5-4-7-14(16)12-18(17,2)3/h4-10,13,17,19H,11-12H2,1-3H3. The normalized spacial score (nSPS) is 21.6. The van der Waals surface area contributed by atoms with Gasteiger partial charge in [-0.05, 0) is 47.8 Å². The first-order valence-corrected chi connectivity index (χ1v) is 8.30. The van der Waals surface area contributed by atoms with E-state index < -0.39 is 0 Å². The first-order chi connectivity index (χ1) is 9.56. The molecule has 106 valence electrons. The van der Waals surface area contributed by atoms with E-state index in [0.717, 1.165) is 6.42 Å². The smallest absolute Gasteiger partial charge is 0.0380 e. The summed E-state index contributed by atoms with van der Waals surface area (Å²) in [6, 6.07) is 14.2. The van der Waals surface area contributed by atoms with Gasteiger partial charge in [-0.15, -0.1) is 11.3 Å². The third kappa shape index (κ3) is 2.68. The van der Waals surface area contributed by atoms with E-state index in [9.17, 15) is 0 Å². The number of nitrogens with one attached hydrogen (secondary N) is 1. The van der Waals surface area contributed by atoms with Gasteiger partial charge in [-0.25, -0.2) is 0 Å². The lowest BCUT2D eigenvalue weighted by Gasteiger charge is -2.31. The van der Waals surface area contributed by atoms with Crippen LogP contribution in [-0.4, -0.2) is 6.04 Å². The molecular weight excluding hydrogens is 262 g/mol. The van der Waals surface area contributed by atoms with Crippen LogP contribution in [0.3, 0.4) is 0 Å². The zero-order valence-corrected chi connectivity index (χ0v) is 13.3. The summed E-state index contributed by atoms with van der Waals surface area (Å²) in [6.45, 7) is 7.06. The number of benzene rings is 1. The van der Waals surface area contributed by atoms with Crippen LogP contribution in [0.2, 0.25) is 0 Å². The second-order valence-electron chi connectivity index (χ2n) is 6.65. The van der Waals surface area contributed by atoms with Crippen LogP contribution in [0.15, 0.2) is 41.8 Å². The largest absolute Gasteiger partial charge is 0.307 e. The summed E-state index contributed by atoms with van der Waals surface area (Å²) in [5, 5.41) is 6.03. The van der Waals surface area contributed by atoms with Crippen molar-refractivity contribution in [2.45, 2.75) is 45.7 Å². The highest BCUT2D eigenvalue weighted by Gasteiger charge is 2.38. The van der Waals surface area contributed by atoms with Gasteiger partial charge < -0.3 is 5.32 Å². The van der Waals surface area contributed by atoms with E-state index in [-0.39, 0.29) is 0 Å². The van der Waals surface area contributed by atoms with Gasteiger partial charge >= 0.3 is 0 Å². The summed E-state index contributed by atoms with van der Waals surface area (Å²) in [5.41, 5.74) is 3.31. The summed E-state index contributed by atoms with van der Waals surface area (Å²) in [4.78, 5) is 1.47. The number of fused-ring (bicyclic) bond motifs is 1. The van der Waals surface area contributed by atoms with Gasteiger partial charge in [-0.3, -0.25) is 0 Å². The molecule has 1 aliphatic rings. The van der Waals surface area contributed by atoms with E-state index in [1.165, 1.54) is 22.4 Å². The van der Waals surface area contributed by atoms with E-state index in [1.54, 1.807) is 0 Å². The van der Waals surface area contributed by atoms with Crippen LogP contribution in [0.5, 0.6) is 0 Å². The summed E-state index contributed by atoms with van der Waals surface area (Å²) in [6.07, 6.45) is 2.29. The lowest BCUT2D eigenvalue weighted by Crippen LogP contribution is -2.37. The zero-order chi connectivity index (χ0) is 14.2. The Morgan fingerprint density at radius 1 is 1.25 bits per heavy atom. The van der Waals surface area contributed by atoms with Gasteiger partial charge in [0.05, 0.1) is 0 Å². The van der Waals surface area contributed by atoms with Crippen LogP contribution >= 0.6 is 11.3 Å². The fraction of sp³-hybridized carbons (Fsp3) is 0.444. The van der Waals surface area contributed by atoms with Crippen molar-refractivity contribution in [3.05, 3.63) is 57.8 Å². The molecule has 2 unspecified atom stereocenters. The second kappa shape index (κ2) is 5.34. The minimum Gasteiger partial charge on any atom is -0.307 e. The van der Waals surface area contributed by atoms with Crippen LogP contribution in [0, 0.1) is 5.41 Å². The molecular formula is C18H23NS. The molecule has 2 aromatic rings. The van der Waals surface area contributed by atoms with Crippen molar-refractivity contribution in [2.75, 3.05) is 0 Å². The Balaban J connectivity index is 1.75. The van der Waals surface area contributed by atoms with Gasteiger partial charge in [0.1, 0.15) is 0 Å². The molecule has 0 saturated carbocycles. The molecule has 3 rings (SSSR count). The van der Waals surface area contributed by atoms with Gasteiger partial charge in [0, 0.05) is 17.0 Å². The van der Waals surface area contributed by atoms with Gasteiger partial charge in [-0.2, -0.15) is 0 Å². The highest BCUT2D eigenvalue weighted by atomic mass is 32.1. The van der Waals surface area contributed by atoms with Crippen LogP contribution in [0.1, 0.15) is 42.8 Å². The molecule has 1 aliphatic carbocycles. The van der Waals surface area contributed by atoms with Crippen LogP contribution in [0.4, 0.5) is 0 Å². The lowest BCUT2D eigenvalue weighted by atomic mass is 9.85. The van der Waals surface area contributed by atoms with Crippen LogP contribution < -0.4 is 5.32 Å². The topological polar surface area (TPSA) is 12.0 Å². The lowest BCUT2D eigenvalue weighted by molar-refractivity contribution is 0.251. The van der Waals surface area contributed by atoms with Gasteiger partial charge in [0.25, 0.3) is 0 Å². The minimum atomic E-state index is 0.299. The summed E-state index contributed by atoms with van der Waals surface area (Å²) in [7, 11) is 0. The SMILES string of the molecule is CC(Cc1cccs1)NC1c2ccccc2CC1(C)C. The summed E-state index contributed by atoms with van der Waals surface area (Å²) in [5.74, 6) is 0. The van der Waals surface area contributed by atoms with Crippen LogP contribution in [-0.2, 0) is 12.8 Å². The molecule has 0 bridgehead atoms. The maximum absolute atomic E-state index is 3.87. The molecule has 0 aliphatic heterocycles. The van der Waals surface area contributed by atoms with Crippen LogP contribution in [0.25, 0.3) is 0 Å². The summed E-state index contributed by atoms with van der Waals surface area (Å²) < 4.78 is 0. The number of rotatable bonds is 4. The molecule has 2 heteroatoms. The maximum atomic E-state index is 3.87. The minimum absolute atomic E-state index is 0.299. The van der Waals surface area contributed by atoms with Crippen molar-refractivity contribution in [3.63, 3.8) is 0 Å². The third-order valence-electron chi connectivity index (χ3n) is 4.33. The van der Waals surface area contributed by atoms with Crippen molar-refractivity contribution in [3.8, 4) is 0 Å². The Labute approximate surface area is 126 Å². The molecule has 0 amide bonds. The molecule has 0 spiro atoms. The third-order valence-corrected chi connectivity index (χ3v) is 5.23. The van der Waals surface area contributed by atoms with E-state index in [2.05, 4.69) is 67.9 Å². The molecule has 20 heavy (non-hydrogen) atoms. The monoisotopic (exact) mass is 285 g/mol. The zero-order valence-electron chi connectivity index (χ0n) is 12.5. The molecule has 0 saturated heterocycles.